The standard InChI is InChI=1S/C37H35ClF6N8O2/c1-19-11-27(45)47-32(29(19)37(42,43)44)28-25(38)13-24-31(30(28)41)48-35(54-18-36-8-4-10-51(36)15-20(39)14-36)49-33(24)50-16-22-6-7-23(17-50)52(22)34(53)26(40)12-21-5-2-3-9-46-21/h2-3,5,9,11-13,20,22-23H,4,6-8,10,14-18H2,1H3,(H2,45,47)/b26-12-/t20?,22?,23?,36-/m0/s1. The maximum absolute atomic E-state index is 16.9. The number of piperazine rings is 1. The highest BCUT2D eigenvalue weighted by molar-refractivity contribution is 6.34. The molecule has 4 aliphatic rings. The summed E-state index contributed by atoms with van der Waals surface area (Å²) >= 11 is 6.64. The van der Waals surface area contributed by atoms with Gasteiger partial charge in [-0.3, -0.25) is 14.7 Å². The van der Waals surface area contributed by atoms with Crippen molar-refractivity contribution in [2.45, 2.75) is 69.0 Å². The molecule has 3 aromatic heterocycles. The van der Waals surface area contributed by atoms with Crippen molar-refractivity contribution in [1.82, 2.24) is 29.7 Å². The number of aromatic nitrogens is 4. The Morgan fingerprint density at radius 2 is 1.89 bits per heavy atom. The second kappa shape index (κ2) is 13.6. The zero-order chi connectivity index (χ0) is 38.1. The Morgan fingerprint density at radius 1 is 1.13 bits per heavy atom. The second-order valence-electron chi connectivity index (χ2n) is 14.5. The van der Waals surface area contributed by atoms with Crippen LogP contribution in [-0.2, 0) is 11.0 Å². The van der Waals surface area contributed by atoms with Gasteiger partial charge < -0.3 is 20.3 Å². The summed E-state index contributed by atoms with van der Waals surface area (Å²) < 4.78 is 96.1. The molecule has 2 N–H and O–H groups in total. The molecule has 10 nitrogen and oxygen atoms in total. The Balaban J connectivity index is 1.20. The normalized spacial score (nSPS) is 24.4. The third-order valence-corrected chi connectivity index (χ3v) is 11.3. The van der Waals surface area contributed by atoms with Gasteiger partial charge >= 0.3 is 12.2 Å². The lowest BCUT2D eigenvalue weighted by Crippen LogP contribution is -2.56. The molecule has 4 fully saturated rings. The van der Waals surface area contributed by atoms with Gasteiger partial charge in [0.25, 0.3) is 5.91 Å². The molecule has 284 valence electrons. The van der Waals surface area contributed by atoms with Gasteiger partial charge in [-0.2, -0.15) is 23.1 Å². The van der Waals surface area contributed by atoms with Gasteiger partial charge in [0.2, 0.25) is 0 Å². The molecular formula is C37H35ClF6N8O2. The summed E-state index contributed by atoms with van der Waals surface area (Å²) in [5.74, 6) is -3.04. The summed E-state index contributed by atoms with van der Waals surface area (Å²) in [6.45, 7) is 2.49. The van der Waals surface area contributed by atoms with Crippen LogP contribution in [0.2, 0.25) is 5.02 Å². The average Bonchev–Trinajstić information content (AvgIpc) is 3.72. The van der Waals surface area contributed by atoms with Crippen LogP contribution in [0.1, 0.15) is 48.9 Å². The lowest BCUT2D eigenvalue weighted by Gasteiger charge is -2.41. The van der Waals surface area contributed by atoms with E-state index in [4.69, 9.17) is 22.1 Å². The zero-order valence-electron chi connectivity index (χ0n) is 29.0. The van der Waals surface area contributed by atoms with E-state index < -0.39 is 64.3 Å². The quantitative estimate of drug-likeness (QED) is 0.158. The molecule has 1 amide bonds. The van der Waals surface area contributed by atoms with Gasteiger partial charge in [-0.05, 0) is 69.0 Å². The number of ether oxygens (including phenoxy) is 1. The molecule has 0 spiro atoms. The van der Waals surface area contributed by atoms with Crippen LogP contribution < -0.4 is 15.4 Å². The molecule has 0 aliphatic carbocycles. The van der Waals surface area contributed by atoms with Crippen molar-refractivity contribution in [2.24, 2.45) is 0 Å². The SMILES string of the molecule is Cc1cc(N)nc(-c2c(Cl)cc3c(N4CC5CCC(C4)N5C(=O)/C(F)=C/c4ccccn4)nc(OC[C@@]45CCCN4CC(F)C5)nc3c2F)c1C(F)(F)F. The van der Waals surface area contributed by atoms with Gasteiger partial charge in [-0.15, -0.1) is 0 Å². The minimum absolute atomic E-state index is 0.00400. The fourth-order valence-corrected chi connectivity index (χ4v) is 9.03. The molecular weight excluding hydrogens is 738 g/mol. The second-order valence-corrected chi connectivity index (χ2v) is 14.9. The smallest absolute Gasteiger partial charge is 0.418 e. The molecule has 0 saturated carbocycles. The zero-order valence-corrected chi connectivity index (χ0v) is 29.8. The van der Waals surface area contributed by atoms with Crippen LogP contribution in [0.5, 0.6) is 6.01 Å². The Kier molecular flexibility index (Phi) is 9.11. The molecule has 4 atom stereocenters. The number of carbonyl (C=O) groups excluding carboxylic acids is 1. The van der Waals surface area contributed by atoms with Gasteiger partial charge in [0.05, 0.1) is 45.2 Å². The van der Waals surface area contributed by atoms with Gasteiger partial charge in [-0.1, -0.05) is 17.7 Å². The fourth-order valence-electron chi connectivity index (χ4n) is 8.75. The van der Waals surface area contributed by atoms with Crippen molar-refractivity contribution in [3.63, 3.8) is 0 Å². The first-order valence-corrected chi connectivity index (χ1v) is 18.0. The monoisotopic (exact) mass is 772 g/mol. The minimum atomic E-state index is -4.93. The number of carbonyl (C=O) groups is 1. The molecule has 4 aliphatic heterocycles. The number of rotatable bonds is 7. The average molecular weight is 773 g/mol. The predicted molar refractivity (Wildman–Crippen MR) is 190 cm³/mol. The highest BCUT2D eigenvalue weighted by Crippen LogP contribution is 2.46. The van der Waals surface area contributed by atoms with Crippen LogP contribution in [0.15, 0.2) is 42.4 Å². The number of hydrogen-bond donors (Lipinski definition) is 1. The Labute approximate surface area is 311 Å². The van der Waals surface area contributed by atoms with Crippen molar-refractivity contribution < 1.29 is 35.9 Å². The Morgan fingerprint density at radius 3 is 2.59 bits per heavy atom. The maximum Gasteiger partial charge on any atom is 0.418 e. The number of nitrogens with two attached hydrogens (primary N) is 1. The number of nitrogens with zero attached hydrogens (tertiary/aromatic N) is 7. The number of alkyl halides is 4. The highest BCUT2D eigenvalue weighted by atomic mass is 35.5. The predicted octanol–water partition coefficient (Wildman–Crippen LogP) is 6.93. The molecule has 4 aromatic rings. The van der Waals surface area contributed by atoms with Crippen LogP contribution >= 0.6 is 11.6 Å². The Hall–Kier alpha value is -4.70. The molecule has 4 saturated heterocycles. The first-order valence-electron chi connectivity index (χ1n) is 17.6. The number of aryl methyl sites for hydroxylation is 1. The van der Waals surface area contributed by atoms with Gasteiger partial charge in [-0.25, -0.2) is 18.2 Å². The lowest BCUT2D eigenvalue weighted by atomic mass is 9.95. The summed E-state index contributed by atoms with van der Waals surface area (Å²) in [6, 6.07) is 6.09. The van der Waals surface area contributed by atoms with E-state index in [1.807, 2.05) is 4.90 Å². The topological polar surface area (TPSA) is 114 Å². The highest BCUT2D eigenvalue weighted by Gasteiger charge is 2.50. The molecule has 3 unspecified atom stereocenters. The van der Waals surface area contributed by atoms with Crippen molar-refractivity contribution in [2.75, 3.05) is 43.4 Å². The summed E-state index contributed by atoms with van der Waals surface area (Å²) in [7, 11) is 0. The molecule has 17 heteroatoms. The molecule has 8 rings (SSSR count). The molecule has 0 radical (unpaired) electrons. The summed E-state index contributed by atoms with van der Waals surface area (Å²) in [5, 5.41) is -0.311. The van der Waals surface area contributed by atoms with Crippen LogP contribution in [0.4, 0.5) is 38.0 Å². The minimum Gasteiger partial charge on any atom is -0.461 e. The fraction of sp³-hybridized carbons (Fsp3) is 0.432. The van der Waals surface area contributed by atoms with E-state index in [0.717, 1.165) is 18.6 Å². The van der Waals surface area contributed by atoms with Crippen LogP contribution in [-0.4, -0.2) is 92.2 Å². The van der Waals surface area contributed by atoms with Gasteiger partial charge in [0.1, 0.15) is 29.9 Å². The van der Waals surface area contributed by atoms with E-state index in [0.29, 0.717) is 31.5 Å². The molecule has 54 heavy (non-hydrogen) atoms. The van der Waals surface area contributed by atoms with Crippen molar-refractivity contribution in [3.8, 4) is 17.3 Å². The van der Waals surface area contributed by atoms with Crippen LogP contribution in [0.3, 0.4) is 0 Å². The summed E-state index contributed by atoms with van der Waals surface area (Å²) in [4.78, 5) is 35.7. The van der Waals surface area contributed by atoms with E-state index in [-0.39, 0.29) is 71.8 Å². The van der Waals surface area contributed by atoms with Crippen LogP contribution in [0, 0.1) is 12.7 Å². The largest absolute Gasteiger partial charge is 0.461 e. The number of benzene rings is 1. The third kappa shape index (κ3) is 6.36. The summed E-state index contributed by atoms with van der Waals surface area (Å²) in [5.41, 5.74) is 2.24. The number of anilines is 2. The number of fused-ring (bicyclic) bond motifs is 4. The number of amides is 1. The number of pyridine rings is 2. The van der Waals surface area contributed by atoms with E-state index in [1.54, 1.807) is 23.1 Å². The first kappa shape index (κ1) is 36.3. The van der Waals surface area contributed by atoms with E-state index >= 15 is 8.78 Å². The molecule has 2 bridgehead atoms. The van der Waals surface area contributed by atoms with Crippen molar-refractivity contribution >= 4 is 46.1 Å². The van der Waals surface area contributed by atoms with E-state index in [2.05, 4.69) is 19.9 Å². The Bertz CT molecular complexity index is 2160. The lowest BCUT2D eigenvalue weighted by molar-refractivity contribution is -0.137. The first-order chi connectivity index (χ1) is 25.7. The number of halogens is 7. The maximum atomic E-state index is 16.9. The number of hydrogen-bond acceptors (Lipinski definition) is 9. The van der Waals surface area contributed by atoms with Gasteiger partial charge in [0.15, 0.2) is 11.6 Å². The van der Waals surface area contributed by atoms with Crippen molar-refractivity contribution in [1.29, 1.82) is 0 Å². The molecule has 1 aromatic carbocycles. The van der Waals surface area contributed by atoms with Gasteiger partial charge in [0, 0.05) is 43.7 Å². The van der Waals surface area contributed by atoms with Crippen molar-refractivity contribution in [3.05, 3.63) is 70.0 Å². The van der Waals surface area contributed by atoms with Crippen LogP contribution in [0.25, 0.3) is 28.2 Å². The van der Waals surface area contributed by atoms with E-state index in [1.165, 1.54) is 24.1 Å². The number of nitrogen functional groups attached to an aromatic ring is 1. The third-order valence-electron chi connectivity index (χ3n) is 11.0. The van der Waals surface area contributed by atoms with E-state index in [9.17, 15) is 22.4 Å². The molecule has 7 heterocycles. The summed E-state index contributed by atoms with van der Waals surface area (Å²) in [6.07, 6.45) is -0.531.